The summed E-state index contributed by atoms with van der Waals surface area (Å²) in [5, 5.41) is 11.0. The Bertz CT molecular complexity index is 433. The first kappa shape index (κ1) is 14.5. The van der Waals surface area contributed by atoms with E-state index in [1.165, 1.54) is 6.07 Å². The molecule has 0 saturated carbocycles. The summed E-state index contributed by atoms with van der Waals surface area (Å²) in [5.41, 5.74) is 1.01. The zero-order valence-corrected chi connectivity index (χ0v) is 11.7. The van der Waals surface area contributed by atoms with Crippen LogP contribution in [0.2, 0.25) is 0 Å². The number of nitrogens with zero attached hydrogens (tertiary/aromatic N) is 1. The summed E-state index contributed by atoms with van der Waals surface area (Å²) in [6.45, 7) is 10.7. The van der Waals surface area contributed by atoms with Gasteiger partial charge in [0.2, 0.25) is 0 Å². The van der Waals surface area contributed by atoms with Gasteiger partial charge in [0.05, 0.1) is 11.5 Å². The maximum Gasteiger partial charge on any atom is 0.310 e. The molecule has 4 nitrogen and oxygen atoms in total. The van der Waals surface area contributed by atoms with E-state index in [0.717, 1.165) is 5.56 Å². The molecule has 0 fully saturated rings. The topological polar surface area (TPSA) is 52.4 Å². The lowest BCUT2D eigenvalue weighted by Gasteiger charge is -2.20. The van der Waals surface area contributed by atoms with Crippen LogP contribution in [0.4, 0.5) is 5.69 Å². The van der Waals surface area contributed by atoms with E-state index >= 15 is 0 Å². The van der Waals surface area contributed by atoms with Crippen molar-refractivity contribution >= 4 is 5.69 Å². The molecule has 0 amide bonds. The second kappa shape index (κ2) is 5.38. The second-order valence-electron chi connectivity index (χ2n) is 5.89. The van der Waals surface area contributed by atoms with Crippen LogP contribution in [-0.2, 0) is 5.41 Å². The SMILES string of the molecule is CC(C)COc1cc(C(C)(C)C)ccc1[N+](=O)[O-]. The zero-order valence-electron chi connectivity index (χ0n) is 11.7. The molecular formula is C14H21NO3. The molecule has 1 aromatic carbocycles. The van der Waals surface area contributed by atoms with Crippen LogP contribution in [0, 0.1) is 16.0 Å². The Kier molecular flexibility index (Phi) is 4.33. The molecule has 18 heavy (non-hydrogen) atoms. The smallest absolute Gasteiger partial charge is 0.310 e. The predicted molar refractivity (Wildman–Crippen MR) is 72.1 cm³/mol. The van der Waals surface area contributed by atoms with Gasteiger partial charge in [-0.1, -0.05) is 40.7 Å². The van der Waals surface area contributed by atoms with Crippen LogP contribution in [0.3, 0.4) is 0 Å². The van der Waals surface area contributed by atoms with Crippen LogP contribution in [0.5, 0.6) is 5.75 Å². The van der Waals surface area contributed by atoms with Crippen molar-refractivity contribution in [2.45, 2.75) is 40.0 Å². The van der Waals surface area contributed by atoms with Gasteiger partial charge < -0.3 is 4.74 Å². The maximum absolute atomic E-state index is 11.0. The summed E-state index contributed by atoms with van der Waals surface area (Å²) in [7, 11) is 0. The van der Waals surface area contributed by atoms with Gasteiger partial charge in [0.25, 0.3) is 0 Å². The average Bonchev–Trinajstić information content (AvgIpc) is 2.24. The Hall–Kier alpha value is -1.58. The fourth-order valence-corrected chi connectivity index (χ4v) is 1.50. The molecule has 0 N–H and O–H groups in total. The minimum absolute atomic E-state index is 0.0312. The van der Waals surface area contributed by atoms with Crippen LogP contribution in [0.15, 0.2) is 18.2 Å². The van der Waals surface area contributed by atoms with E-state index in [9.17, 15) is 10.1 Å². The quantitative estimate of drug-likeness (QED) is 0.602. The first-order valence-electron chi connectivity index (χ1n) is 6.13. The van der Waals surface area contributed by atoms with Crippen molar-refractivity contribution in [3.8, 4) is 5.75 Å². The van der Waals surface area contributed by atoms with E-state index < -0.39 is 4.92 Å². The van der Waals surface area contributed by atoms with Gasteiger partial charge in [0.15, 0.2) is 5.75 Å². The third-order valence-electron chi connectivity index (χ3n) is 2.59. The Labute approximate surface area is 108 Å². The molecule has 0 aliphatic carbocycles. The predicted octanol–water partition coefficient (Wildman–Crippen LogP) is 3.93. The molecule has 0 aromatic heterocycles. The number of nitro benzene ring substituents is 1. The molecule has 0 bridgehead atoms. The van der Waals surface area contributed by atoms with Gasteiger partial charge >= 0.3 is 5.69 Å². The van der Waals surface area contributed by atoms with Crippen LogP contribution in [0.25, 0.3) is 0 Å². The number of benzene rings is 1. The van der Waals surface area contributed by atoms with E-state index in [-0.39, 0.29) is 11.1 Å². The number of ether oxygens (including phenoxy) is 1. The van der Waals surface area contributed by atoms with Gasteiger partial charge in [0.1, 0.15) is 0 Å². The number of hydrogen-bond donors (Lipinski definition) is 0. The molecule has 0 spiro atoms. The van der Waals surface area contributed by atoms with Crippen molar-refractivity contribution in [3.05, 3.63) is 33.9 Å². The molecule has 0 radical (unpaired) electrons. The summed E-state index contributed by atoms with van der Waals surface area (Å²) < 4.78 is 5.55. The fourth-order valence-electron chi connectivity index (χ4n) is 1.50. The highest BCUT2D eigenvalue weighted by Gasteiger charge is 2.21. The van der Waals surface area contributed by atoms with E-state index in [1.54, 1.807) is 12.1 Å². The Balaban J connectivity index is 3.12. The first-order valence-corrected chi connectivity index (χ1v) is 6.13. The van der Waals surface area contributed by atoms with Gasteiger partial charge in [-0.05, 0) is 23.0 Å². The molecule has 100 valence electrons. The largest absolute Gasteiger partial charge is 0.487 e. The van der Waals surface area contributed by atoms with Crippen molar-refractivity contribution in [1.82, 2.24) is 0 Å². The van der Waals surface area contributed by atoms with Crippen molar-refractivity contribution in [2.75, 3.05) is 6.61 Å². The van der Waals surface area contributed by atoms with Crippen molar-refractivity contribution in [1.29, 1.82) is 0 Å². The number of rotatable bonds is 4. The van der Waals surface area contributed by atoms with E-state index in [4.69, 9.17) is 4.74 Å². The molecule has 0 unspecified atom stereocenters. The second-order valence-corrected chi connectivity index (χ2v) is 5.89. The monoisotopic (exact) mass is 251 g/mol. The molecule has 1 rings (SSSR count). The molecule has 0 atom stereocenters. The Morgan fingerprint density at radius 2 is 1.94 bits per heavy atom. The Morgan fingerprint density at radius 3 is 2.39 bits per heavy atom. The van der Waals surface area contributed by atoms with Crippen LogP contribution in [-0.4, -0.2) is 11.5 Å². The first-order chi connectivity index (χ1) is 8.21. The van der Waals surface area contributed by atoms with Crippen LogP contribution < -0.4 is 4.74 Å². The third-order valence-corrected chi connectivity index (χ3v) is 2.59. The minimum atomic E-state index is -0.401. The van der Waals surface area contributed by atoms with Crippen molar-refractivity contribution < 1.29 is 9.66 Å². The standard InChI is InChI=1S/C14H21NO3/c1-10(2)9-18-13-8-11(14(3,4)5)6-7-12(13)15(16)17/h6-8,10H,9H2,1-5H3. The molecule has 0 aliphatic rings. The summed E-state index contributed by atoms with van der Waals surface area (Å²) in [6.07, 6.45) is 0. The van der Waals surface area contributed by atoms with Crippen LogP contribution >= 0.6 is 0 Å². The summed E-state index contributed by atoms with van der Waals surface area (Å²) >= 11 is 0. The van der Waals surface area contributed by atoms with Gasteiger partial charge in [-0.25, -0.2) is 0 Å². The minimum Gasteiger partial charge on any atom is -0.487 e. The van der Waals surface area contributed by atoms with E-state index in [1.807, 2.05) is 13.8 Å². The maximum atomic E-state index is 11.0. The fraction of sp³-hybridized carbons (Fsp3) is 0.571. The van der Waals surface area contributed by atoms with Gasteiger partial charge in [-0.3, -0.25) is 10.1 Å². The molecule has 0 saturated heterocycles. The molecule has 0 heterocycles. The lowest BCUT2D eigenvalue weighted by atomic mass is 9.87. The molecule has 4 heteroatoms. The number of nitro groups is 1. The van der Waals surface area contributed by atoms with Gasteiger partial charge in [-0.15, -0.1) is 0 Å². The van der Waals surface area contributed by atoms with E-state index in [2.05, 4.69) is 20.8 Å². The van der Waals surface area contributed by atoms with Crippen molar-refractivity contribution in [3.63, 3.8) is 0 Å². The lowest BCUT2D eigenvalue weighted by Crippen LogP contribution is -2.12. The highest BCUT2D eigenvalue weighted by atomic mass is 16.6. The van der Waals surface area contributed by atoms with Crippen molar-refractivity contribution in [2.24, 2.45) is 5.92 Å². The summed E-state index contributed by atoms with van der Waals surface area (Å²) in [4.78, 5) is 10.6. The number of hydrogen-bond acceptors (Lipinski definition) is 3. The van der Waals surface area contributed by atoms with Gasteiger partial charge in [0, 0.05) is 6.07 Å². The van der Waals surface area contributed by atoms with E-state index in [0.29, 0.717) is 18.3 Å². The molecule has 1 aromatic rings. The van der Waals surface area contributed by atoms with Crippen LogP contribution in [0.1, 0.15) is 40.2 Å². The molecule has 0 aliphatic heterocycles. The van der Waals surface area contributed by atoms with Gasteiger partial charge in [-0.2, -0.15) is 0 Å². The third kappa shape index (κ3) is 3.72. The zero-order chi connectivity index (χ0) is 13.9. The average molecular weight is 251 g/mol. The summed E-state index contributed by atoms with van der Waals surface area (Å²) in [5.74, 6) is 0.698. The lowest BCUT2D eigenvalue weighted by molar-refractivity contribution is -0.385. The normalized spacial score (nSPS) is 11.7. The summed E-state index contributed by atoms with van der Waals surface area (Å²) in [6, 6.07) is 5.09. The highest BCUT2D eigenvalue weighted by molar-refractivity contribution is 5.49. The molecular weight excluding hydrogens is 230 g/mol. The highest BCUT2D eigenvalue weighted by Crippen LogP contribution is 2.33. The Morgan fingerprint density at radius 1 is 1.33 bits per heavy atom.